The van der Waals surface area contributed by atoms with Gasteiger partial charge in [0.15, 0.2) is 0 Å². The lowest BCUT2D eigenvalue weighted by atomic mass is 10.2. The second-order valence-corrected chi connectivity index (χ2v) is 12.9. The van der Waals surface area contributed by atoms with Gasteiger partial charge in [-0.25, -0.2) is 0 Å². The SMILES string of the molecule is CC(C)C[Si](/C=N/Nc1ccc([N+](=O)[O-])cc1[N+](=O)[O-])(CC(C)C)CC(C)C. The largest absolute Gasteiger partial charge is 0.301 e. The summed E-state index contributed by atoms with van der Waals surface area (Å²) in [7, 11) is -1.84. The molecule has 0 saturated heterocycles. The molecule has 0 amide bonds. The van der Waals surface area contributed by atoms with Gasteiger partial charge in [0.25, 0.3) is 5.69 Å². The minimum absolute atomic E-state index is 0.161. The summed E-state index contributed by atoms with van der Waals surface area (Å²) >= 11 is 0. The lowest BCUT2D eigenvalue weighted by molar-refractivity contribution is -0.393. The number of hydrazone groups is 1. The predicted octanol–water partition coefficient (Wildman–Crippen LogP) is 5.86. The lowest BCUT2D eigenvalue weighted by Crippen LogP contribution is -2.41. The fourth-order valence-electron chi connectivity index (χ4n) is 3.97. The summed E-state index contributed by atoms with van der Waals surface area (Å²) in [5, 5.41) is 26.6. The van der Waals surface area contributed by atoms with Crippen LogP contribution in [0.15, 0.2) is 23.3 Å². The molecule has 0 saturated carbocycles. The number of nitrogens with one attached hydrogen (secondary N) is 1. The van der Waals surface area contributed by atoms with Crippen LogP contribution in [0.4, 0.5) is 17.1 Å². The zero-order valence-electron chi connectivity index (χ0n) is 17.6. The van der Waals surface area contributed by atoms with Crippen LogP contribution >= 0.6 is 0 Å². The van der Waals surface area contributed by atoms with E-state index in [9.17, 15) is 20.2 Å². The van der Waals surface area contributed by atoms with E-state index >= 15 is 0 Å². The third kappa shape index (κ3) is 7.38. The molecule has 0 fully saturated rings. The van der Waals surface area contributed by atoms with Crippen molar-refractivity contribution in [2.75, 3.05) is 5.43 Å². The summed E-state index contributed by atoms with van der Waals surface area (Å²) in [5.41, 5.74) is 2.27. The van der Waals surface area contributed by atoms with Crippen molar-refractivity contribution < 1.29 is 9.85 Å². The molecule has 8 nitrogen and oxygen atoms in total. The number of rotatable bonds is 11. The highest BCUT2D eigenvalue weighted by atomic mass is 28.3. The van der Waals surface area contributed by atoms with Crippen LogP contribution in [0.5, 0.6) is 0 Å². The van der Waals surface area contributed by atoms with Gasteiger partial charge in [0.05, 0.1) is 15.9 Å². The molecule has 28 heavy (non-hydrogen) atoms. The number of anilines is 1. The Kier molecular flexibility index (Phi) is 8.74. The molecular formula is C19H32N4O4Si. The van der Waals surface area contributed by atoms with Gasteiger partial charge in [-0.05, 0) is 42.0 Å². The quantitative estimate of drug-likeness (QED) is 0.213. The minimum atomic E-state index is -1.84. The van der Waals surface area contributed by atoms with E-state index in [4.69, 9.17) is 0 Å². The number of benzene rings is 1. The molecule has 1 aromatic rings. The third-order valence-electron chi connectivity index (χ3n) is 4.36. The monoisotopic (exact) mass is 408 g/mol. The number of non-ortho nitro benzene ring substituents is 1. The Bertz CT molecular complexity index is 693. The van der Waals surface area contributed by atoms with E-state index in [-0.39, 0.29) is 17.1 Å². The van der Waals surface area contributed by atoms with E-state index in [2.05, 4.69) is 52.1 Å². The van der Waals surface area contributed by atoms with Gasteiger partial charge in [0.1, 0.15) is 13.8 Å². The van der Waals surface area contributed by atoms with Crippen molar-refractivity contribution >= 4 is 31.0 Å². The minimum Gasteiger partial charge on any atom is -0.272 e. The average Bonchev–Trinajstić information content (AvgIpc) is 2.52. The van der Waals surface area contributed by atoms with Crippen molar-refractivity contribution in [3.05, 3.63) is 38.4 Å². The standard InChI is InChI=1S/C19H32N4O4Si/c1-14(2)10-28(11-15(3)4,12-16(5)6)13-20-21-18-8-7-17(22(24)25)9-19(18)23(26)27/h7-9,13-16,21H,10-12H2,1-6H3/b20-13+. The summed E-state index contributed by atoms with van der Waals surface area (Å²) in [5.74, 6) is 3.66. The Balaban J connectivity index is 3.19. The van der Waals surface area contributed by atoms with Crippen LogP contribution in [0.3, 0.4) is 0 Å². The van der Waals surface area contributed by atoms with E-state index in [1.54, 1.807) is 0 Å². The molecule has 0 aliphatic carbocycles. The van der Waals surface area contributed by atoms with Crippen molar-refractivity contribution in [1.29, 1.82) is 0 Å². The van der Waals surface area contributed by atoms with Crippen LogP contribution < -0.4 is 5.43 Å². The highest BCUT2D eigenvalue weighted by molar-refractivity contribution is 7.02. The van der Waals surface area contributed by atoms with E-state index in [1.165, 1.54) is 12.1 Å². The maximum absolute atomic E-state index is 11.3. The maximum Gasteiger partial charge on any atom is 0.301 e. The van der Waals surface area contributed by atoms with Crippen molar-refractivity contribution in [3.8, 4) is 0 Å². The van der Waals surface area contributed by atoms with Gasteiger partial charge >= 0.3 is 5.69 Å². The molecule has 0 atom stereocenters. The fraction of sp³-hybridized carbons (Fsp3) is 0.632. The second-order valence-electron chi connectivity index (χ2n) is 8.74. The van der Waals surface area contributed by atoms with Crippen LogP contribution in [-0.4, -0.2) is 23.8 Å². The van der Waals surface area contributed by atoms with Crippen LogP contribution in [0, 0.1) is 38.0 Å². The Labute approximate surface area is 167 Å². The molecule has 1 rings (SSSR count). The molecule has 1 N–H and O–H groups in total. The zero-order valence-corrected chi connectivity index (χ0v) is 18.6. The van der Waals surface area contributed by atoms with Crippen molar-refractivity contribution in [3.63, 3.8) is 0 Å². The molecule has 0 unspecified atom stereocenters. The van der Waals surface area contributed by atoms with E-state index in [0.717, 1.165) is 24.2 Å². The summed E-state index contributed by atoms with van der Waals surface area (Å²) in [6.45, 7) is 13.3. The molecular weight excluding hydrogens is 376 g/mol. The molecule has 0 radical (unpaired) electrons. The number of nitro benzene ring substituents is 2. The summed E-state index contributed by atoms with van der Waals surface area (Å²) in [6.07, 6.45) is 0. The van der Waals surface area contributed by atoms with Crippen molar-refractivity contribution in [2.45, 2.75) is 59.7 Å². The Hall–Kier alpha value is -2.29. The first-order valence-corrected chi connectivity index (χ1v) is 12.4. The molecule has 156 valence electrons. The highest BCUT2D eigenvalue weighted by Gasteiger charge is 2.34. The normalized spacial score (nSPS) is 12.3. The molecule has 0 aliphatic heterocycles. The number of nitrogens with zero attached hydrogens (tertiary/aromatic N) is 3. The van der Waals surface area contributed by atoms with Gasteiger partial charge in [-0.15, -0.1) is 0 Å². The number of hydrogen-bond donors (Lipinski definition) is 1. The lowest BCUT2D eigenvalue weighted by Gasteiger charge is -2.32. The van der Waals surface area contributed by atoms with Crippen LogP contribution in [0.2, 0.25) is 18.1 Å². The van der Waals surface area contributed by atoms with Gasteiger partial charge in [-0.3, -0.25) is 25.7 Å². The van der Waals surface area contributed by atoms with Gasteiger partial charge in [0.2, 0.25) is 0 Å². The zero-order chi connectivity index (χ0) is 21.5. The van der Waals surface area contributed by atoms with Gasteiger partial charge in [-0.1, -0.05) is 41.5 Å². The Morgan fingerprint density at radius 2 is 1.46 bits per heavy atom. The van der Waals surface area contributed by atoms with Gasteiger partial charge in [0, 0.05) is 11.9 Å². The van der Waals surface area contributed by atoms with Gasteiger partial charge < -0.3 is 0 Å². The molecule has 1 aromatic carbocycles. The Morgan fingerprint density at radius 1 is 0.964 bits per heavy atom. The summed E-state index contributed by atoms with van der Waals surface area (Å²) < 4.78 is 0. The van der Waals surface area contributed by atoms with Crippen LogP contribution in [0.1, 0.15) is 41.5 Å². The molecule has 9 heteroatoms. The average molecular weight is 409 g/mol. The number of hydrogen-bond acceptors (Lipinski definition) is 6. The topological polar surface area (TPSA) is 111 Å². The first kappa shape index (κ1) is 23.7. The van der Waals surface area contributed by atoms with Crippen molar-refractivity contribution in [1.82, 2.24) is 0 Å². The highest BCUT2D eigenvalue weighted by Crippen LogP contribution is 2.32. The molecule has 0 bridgehead atoms. The summed E-state index contributed by atoms with van der Waals surface area (Å²) in [4.78, 5) is 20.9. The fourth-order valence-corrected chi connectivity index (χ4v) is 10.00. The second kappa shape index (κ2) is 10.3. The maximum atomic E-state index is 11.3. The van der Waals surface area contributed by atoms with E-state index < -0.39 is 17.9 Å². The smallest absolute Gasteiger partial charge is 0.272 e. The molecule has 0 heterocycles. The predicted molar refractivity (Wildman–Crippen MR) is 117 cm³/mol. The number of nitro groups is 2. The van der Waals surface area contributed by atoms with E-state index in [0.29, 0.717) is 17.8 Å². The summed E-state index contributed by atoms with van der Waals surface area (Å²) in [6, 6.07) is 6.86. The molecule has 0 spiro atoms. The van der Waals surface area contributed by atoms with Crippen molar-refractivity contribution in [2.24, 2.45) is 22.9 Å². The Morgan fingerprint density at radius 3 is 1.86 bits per heavy atom. The molecule has 0 aromatic heterocycles. The van der Waals surface area contributed by atoms with E-state index in [1.807, 2.05) is 5.84 Å². The van der Waals surface area contributed by atoms with Gasteiger partial charge in [-0.2, -0.15) is 5.10 Å². The first-order valence-electron chi connectivity index (χ1n) is 9.69. The van der Waals surface area contributed by atoms with Crippen LogP contribution in [-0.2, 0) is 0 Å². The molecule has 0 aliphatic rings. The third-order valence-corrected chi connectivity index (χ3v) is 9.92. The first-order chi connectivity index (χ1) is 13.0. The van der Waals surface area contributed by atoms with Crippen LogP contribution in [0.25, 0.3) is 0 Å².